The van der Waals surface area contributed by atoms with E-state index in [-0.39, 0.29) is 5.60 Å². The summed E-state index contributed by atoms with van der Waals surface area (Å²) in [4.78, 5) is 24.0. The van der Waals surface area contributed by atoms with Gasteiger partial charge in [-0.1, -0.05) is 30.3 Å². The molecule has 0 saturated carbocycles. The Kier molecular flexibility index (Phi) is 4.02. The molecule has 0 fully saturated rings. The van der Waals surface area contributed by atoms with Crippen LogP contribution in [0, 0.1) is 0 Å². The summed E-state index contributed by atoms with van der Waals surface area (Å²) in [7, 11) is 0. The molecule has 4 rings (SSSR count). The molecule has 138 valence electrons. The predicted molar refractivity (Wildman–Crippen MR) is 102 cm³/mol. The van der Waals surface area contributed by atoms with Crippen LogP contribution in [0.2, 0.25) is 0 Å². The minimum atomic E-state index is -0.451. The molecule has 0 bridgehead atoms. The fourth-order valence-electron chi connectivity index (χ4n) is 3.52. The zero-order chi connectivity index (χ0) is 19.2. The molecule has 0 spiro atoms. The van der Waals surface area contributed by atoms with E-state index >= 15 is 0 Å². The van der Waals surface area contributed by atoms with Crippen molar-refractivity contribution < 1.29 is 18.7 Å². The molecule has 1 aliphatic rings. The molecule has 5 heteroatoms. The van der Waals surface area contributed by atoms with Crippen LogP contribution in [0.4, 0.5) is 0 Å². The van der Waals surface area contributed by atoms with E-state index in [1.165, 1.54) is 13.0 Å². The van der Waals surface area contributed by atoms with Crippen molar-refractivity contribution in [3.8, 4) is 22.6 Å². The van der Waals surface area contributed by atoms with Gasteiger partial charge in [0.25, 0.3) is 0 Å². The third-order valence-electron chi connectivity index (χ3n) is 4.74. The maximum absolute atomic E-state index is 12.3. The Morgan fingerprint density at radius 2 is 1.89 bits per heavy atom. The van der Waals surface area contributed by atoms with Gasteiger partial charge >= 0.3 is 11.6 Å². The van der Waals surface area contributed by atoms with Gasteiger partial charge in [-0.2, -0.15) is 0 Å². The summed E-state index contributed by atoms with van der Waals surface area (Å²) in [5.41, 5.74) is 1.98. The number of benzene rings is 2. The standard InChI is InChI=1S/C22H20O5/c1-13(23)25-18-12-17-15(9-10-22(2,3)27-17)21-20(18)16(11-19(24)26-21)14-7-5-4-6-8-14/h4-8,11-12H,9-10H2,1-3H3. The fourth-order valence-corrected chi connectivity index (χ4v) is 3.52. The molecular formula is C22H20O5. The quantitative estimate of drug-likeness (QED) is 0.381. The minimum Gasteiger partial charge on any atom is -0.487 e. The molecule has 1 aromatic heterocycles. The first kappa shape index (κ1) is 17.3. The summed E-state index contributed by atoms with van der Waals surface area (Å²) in [5, 5.41) is 0.609. The molecule has 0 aliphatic carbocycles. The topological polar surface area (TPSA) is 65.7 Å². The number of hydrogen-bond donors (Lipinski definition) is 0. The second-order valence-corrected chi connectivity index (χ2v) is 7.36. The van der Waals surface area contributed by atoms with E-state index in [0.29, 0.717) is 34.5 Å². The highest BCUT2D eigenvalue weighted by atomic mass is 16.5. The number of ether oxygens (including phenoxy) is 2. The van der Waals surface area contributed by atoms with E-state index < -0.39 is 11.6 Å². The highest BCUT2D eigenvalue weighted by Gasteiger charge is 2.31. The lowest BCUT2D eigenvalue weighted by molar-refractivity contribution is -0.131. The third-order valence-corrected chi connectivity index (χ3v) is 4.74. The molecule has 0 atom stereocenters. The fraction of sp³-hybridized carbons (Fsp3) is 0.273. The highest BCUT2D eigenvalue weighted by Crippen LogP contribution is 2.44. The predicted octanol–water partition coefficient (Wildman–Crippen LogP) is 4.49. The van der Waals surface area contributed by atoms with Crippen molar-refractivity contribution in [3.63, 3.8) is 0 Å². The molecular weight excluding hydrogens is 344 g/mol. The van der Waals surface area contributed by atoms with Crippen LogP contribution in [0.1, 0.15) is 32.8 Å². The highest BCUT2D eigenvalue weighted by molar-refractivity contribution is 6.01. The Morgan fingerprint density at radius 3 is 2.59 bits per heavy atom. The van der Waals surface area contributed by atoms with Crippen molar-refractivity contribution in [2.24, 2.45) is 0 Å². The van der Waals surface area contributed by atoms with Gasteiger partial charge in [0.1, 0.15) is 22.7 Å². The Labute approximate surface area is 156 Å². The monoisotopic (exact) mass is 364 g/mol. The minimum absolute atomic E-state index is 0.330. The first-order valence-electron chi connectivity index (χ1n) is 8.91. The molecule has 0 radical (unpaired) electrons. The van der Waals surface area contributed by atoms with Crippen molar-refractivity contribution in [2.45, 2.75) is 39.2 Å². The van der Waals surface area contributed by atoms with E-state index in [9.17, 15) is 9.59 Å². The Morgan fingerprint density at radius 1 is 1.15 bits per heavy atom. The average molecular weight is 364 g/mol. The molecule has 0 N–H and O–H groups in total. The van der Waals surface area contributed by atoms with Crippen molar-refractivity contribution in [3.05, 3.63) is 58.4 Å². The van der Waals surface area contributed by atoms with Crippen LogP contribution < -0.4 is 15.1 Å². The van der Waals surface area contributed by atoms with Gasteiger partial charge < -0.3 is 13.9 Å². The van der Waals surface area contributed by atoms with Crippen molar-refractivity contribution in [1.82, 2.24) is 0 Å². The van der Waals surface area contributed by atoms with Gasteiger partial charge in [-0.3, -0.25) is 4.79 Å². The van der Waals surface area contributed by atoms with Crippen molar-refractivity contribution >= 4 is 16.9 Å². The summed E-state index contributed by atoms with van der Waals surface area (Å²) in [6, 6.07) is 12.7. The number of carbonyl (C=O) groups is 1. The van der Waals surface area contributed by atoms with Crippen molar-refractivity contribution in [2.75, 3.05) is 0 Å². The Hall–Kier alpha value is -3.08. The molecule has 0 saturated heterocycles. The van der Waals surface area contributed by atoms with Gasteiger partial charge in [0.2, 0.25) is 0 Å². The van der Waals surface area contributed by atoms with Crippen LogP contribution >= 0.6 is 0 Å². The van der Waals surface area contributed by atoms with Gasteiger partial charge in [0, 0.05) is 30.2 Å². The molecule has 0 amide bonds. The average Bonchev–Trinajstić information content (AvgIpc) is 2.60. The van der Waals surface area contributed by atoms with Crippen LogP contribution in [0.5, 0.6) is 11.5 Å². The van der Waals surface area contributed by atoms with Crippen LogP contribution in [0.3, 0.4) is 0 Å². The number of rotatable bonds is 2. The van der Waals surface area contributed by atoms with Gasteiger partial charge in [-0.15, -0.1) is 0 Å². The summed E-state index contributed by atoms with van der Waals surface area (Å²) in [5.74, 6) is 0.469. The molecule has 5 nitrogen and oxygen atoms in total. The first-order valence-corrected chi connectivity index (χ1v) is 8.91. The largest absolute Gasteiger partial charge is 0.487 e. The number of carbonyl (C=O) groups excluding carboxylic acids is 1. The normalized spacial score (nSPS) is 15.1. The van der Waals surface area contributed by atoms with Crippen molar-refractivity contribution in [1.29, 1.82) is 0 Å². The van der Waals surface area contributed by atoms with Gasteiger partial charge in [-0.05, 0) is 32.3 Å². The zero-order valence-electron chi connectivity index (χ0n) is 15.5. The SMILES string of the molecule is CC(=O)Oc1cc2c(c3oc(=O)cc(-c4ccccc4)c13)CCC(C)(C)O2. The molecule has 2 aromatic carbocycles. The second-order valence-electron chi connectivity index (χ2n) is 7.36. The van der Waals surface area contributed by atoms with Gasteiger partial charge in [0.05, 0.1) is 5.39 Å². The summed E-state index contributed by atoms with van der Waals surface area (Å²) < 4.78 is 17.2. The Balaban J connectivity index is 2.09. The van der Waals surface area contributed by atoms with E-state index in [1.807, 2.05) is 44.2 Å². The van der Waals surface area contributed by atoms with E-state index in [4.69, 9.17) is 13.9 Å². The summed E-state index contributed by atoms with van der Waals surface area (Å²) in [6.07, 6.45) is 1.50. The number of hydrogen-bond acceptors (Lipinski definition) is 5. The maximum Gasteiger partial charge on any atom is 0.336 e. The van der Waals surface area contributed by atoms with Crippen LogP contribution in [-0.4, -0.2) is 11.6 Å². The van der Waals surface area contributed by atoms with E-state index in [0.717, 1.165) is 17.5 Å². The zero-order valence-corrected chi connectivity index (χ0v) is 15.5. The molecule has 2 heterocycles. The Bertz CT molecular complexity index is 1090. The van der Waals surface area contributed by atoms with Gasteiger partial charge in [-0.25, -0.2) is 4.79 Å². The van der Waals surface area contributed by atoms with Crippen LogP contribution in [-0.2, 0) is 11.2 Å². The molecule has 0 unspecified atom stereocenters. The molecule has 27 heavy (non-hydrogen) atoms. The van der Waals surface area contributed by atoms with E-state index in [2.05, 4.69) is 0 Å². The lowest BCUT2D eigenvalue weighted by Gasteiger charge is -2.33. The van der Waals surface area contributed by atoms with Crippen LogP contribution in [0.15, 0.2) is 51.7 Å². The van der Waals surface area contributed by atoms with Crippen LogP contribution in [0.25, 0.3) is 22.1 Å². The second kappa shape index (κ2) is 6.27. The lowest BCUT2D eigenvalue weighted by atomic mass is 9.91. The summed E-state index contributed by atoms with van der Waals surface area (Å²) >= 11 is 0. The third kappa shape index (κ3) is 3.21. The summed E-state index contributed by atoms with van der Waals surface area (Å²) in [6.45, 7) is 5.35. The number of esters is 1. The smallest absolute Gasteiger partial charge is 0.336 e. The number of aryl methyl sites for hydroxylation is 1. The first-order chi connectivity index (χ1) is 12.8. The number of fused-ring (bicyclic) bond motifs is 3. The van der Waals surface area contributed by atoms with Gasteiger partial charge in [0.15, 0.2) is 0 Å². The molecule has 1 aliphatic heterocycles. The van der Waals surface area contributed by atoms with E-state index in [1.54, 1.807) is 6.07 Å². The lowest BCUT2D eigenvalue weighted by Crippen LogP contribution is -2.32. The molecule has 3 aromatic rings. The maximum atomic E-state index is 12.3.